The molecule has 0 aliphatic carbocycles. The van der Waals surface area contributed by atoms with E-state index in [1.54, 1.807) is 6.08 Å². The zero-order valence-corrected chi connectivity index (χ0v) is 8.19. The SMILES string of the molecule is C=CCCON=Cc1c(O)cccc1F. The summed E-state index contributed by atoms with van der Waals surface area (Å²) in [7, 11) is 0. The summed E-state index contributed by atoms with van der Waals surface area (Å²) in [4.78, 5) is 4.81. The van der Waals surface area contributed by atoms with Gasteiger partial charge in [-0.15, -0.1) is 6.58 Å². The van der Waals surface area contributed by atoms with Crippen LogP contribution in [-0.2, 0) is 4.84 Å². The number of oxime groups is 1. The molecule has 1 aromatic carbocycles. The van der Waals surface area contributed by atoms with Gasteiger partial charge < -0.3 is 9.94 Å². The maximum absolute atomic E-state index is 13.1. The third-order valence-electron chi connectivity index (χ3n) is 1.70. The van der Waals surface area contributed by atoms with Crippen LogP contribution in [0.1, 0.15) is 12.0 Å². The highest BCUT2D eigenvalue weighted by atomic mass is 19.1. The minimum Gasteiger partial charge on any atom is -0.507 e. The van der Waals surface area contributed by atoms with E-state index in [1.807, 2.05) is 0 Å². The molecule has 0 bridgehead atoms. The first-order valence-electron chi connectivity index (χ1n) is 4.49. The summed E-state index contributed by atoms with van der Waals surface area (Å²) >= 11 is 0. The number of aromatic hydroxyl groups is 1. The Hall–Kier alpha value is -1.84. The molecule has 15 heavy (non-hydrogen) atoms. The Bertz CT molecular complexity index is 343. The lowest BCUT2D eigenvalue weighted by Crippen LogP contribution is -1.91. The van der Waals surface area contributed by atoms with Crippen LogP contribution in [0.15, 0.2) is 36.0 Å². The maximum atomic E-state index is 13.1. The van der Waals surface area contributed by atoms with Gasteiger partial charge in [0.25, 0.3) is 0 Å². The second-order valence-electron chi connectivity index (χ2n) is 2.82. The molecule has 0 radical (unpaired) electrons. The molecule has 1 N–H and O–H groups in total. The monoisotopic (exact) mass is 209 g/mol. The second-order valence-corrected chi connectivity index (χ2v) is 2.82. The van der Waals surface area contributed by atoms with Crippen molar-refractivity contribution in [2.24, 2.45) is 5.16 Å². The second kappa shape index (κ2) is 5.80. The zero-order valence-electron chi connectivity index (χ0n) is 8.19. The fourth-order valence-corrected chi connectivity index (χ4v) is 0.932. The molecular weight excluding hydrogens is 197 g/mol. The molecule has 80 valence electrons. The molecule has 0 saturated carbocycles. The van der Waals surface area contributed by atoms with Gasteiger partial charge >= 0.3 is 0 Å². The number of nitrogens with zero attached hydrogens (tertiary/aromatic N) is 1. The standard InChI is InChI=1S/C11H12FNO2/c1-2-3-7-15-13-8-9-10(12)5-4-6-11(9)14/h2,4-6,8,14H,1,3,7H2. The summed E-state index contributed by atoms with van der Waals surface area (Å²) in [6, 6.07) is 4.04. The fraction of sp³-hybridized carbons (Fsp3) is 0.182. The van der Waals surface area contributed by atoms with Crippen LogP contribution in [0.3, 0.4) is 0 Å². The van der Waals surface area contributed by atoms with Crippen molar-refractivity contribution in [1.29, 1.82) is 0 Å². The van der Waals surface area contributed by atoms with Gasteiger partial charge in [0, 0.05) is 6.42 Å². The van der Waals surface area contributed by atoms with E-state index in [1.165, 1.54) is 18.2 Å². The number of benzene rings is 1. The molecule has 0 aliphatic heterocycles. The molecule has 0 atom stereocenters. The summed E-state index contributed by atoms with van der Waals surface area (Å²) in [6.45, 7) is 3.90. The average molecular weight is 209 g/mol. The Morgan fingerprint density at radius 3 is 3.00 bits per heavy atom. The van der Waals surface area contributed by atoms with Crippen LogP contribution in [0, 0.1) is 5.82 Å². The molecule has 0 amide bonds. The Morgan fingerprint density at radius 2 is 2.33 bits per heavy atom. The van der Waals surface area contributed by atoms with Crippen LogP contribution < -0.4 is 0 Å². The van der Waals surface area contributed by atoms with E-state index in [0.717, 1.165) is 6.21 Å². The van der Waals surface area contributed by atoms with Crippen LogP contribution in [0.5, 0.6) is 5.75 Å². The molecule has 1 rings (SSSR count). The predicted octanol–water partition coefficient (Wildman–Crippen LogP) is 2.46. The molecule has 0 aliphatic rings. The van der Waals surface area contributed by atoms with Crippen LogP contribution in [-0.4, -0.2) is 17.9 Å². The normalized spacial score (nSPS) is 10.5. The number of hydrogen-bond acceptors (Lipinski definition) is 3. The number of rotatable bonds is 5. The van der Waals surface area contributed by atoms with Crippen molar-refractivity contribution in [2.45, 2.75) is 6.42 Å². The Kier molecular flexibility index (Phi) is 4.34. The van der Waals surface area contributed by atoms with Crippen LogP contribution in [0.4, 0.5) is 4.39 Å². The molecule has 0 spiro atoms. The summed E-state index contributed by atoms with van der Waals surface area (Å²) < 4.78 is 13.1. The van der Waals surface area contributed by atoms with E-state index in [2.05, 4.69) is 11.7 Å². The quantitative estimate of drug-likeness (QED) is 0.350. The molecular formula is C11H12FNO2. The lowest BCUT2D eigenvalue weighted by Gasteiger charge is -1.99. The summed E-state index contributed by atoms with van der Waals surface area (Å²) in [5.74, 6) is -0.697. The molecule has 0 heterocycles. The maximum Gasteiger partial charge on any atom is 0.135 e. The highest BCUT2D eigenvalue weighted by Crippen LogP contribution is 2.17. The topological polar surface area (TPSA) is 41.8 Å². The first-order chi connectivity index (χ1) is 7.25. The summed E-state index contributed by atoms with van der Waals surface area (Å²) in [5.41, 5.74) is 0.0242. The van der Waals surface area contributed by atoms with Crippen LogP contribution >= 0.6 is 0 Å². The van der Waals surface area contributed by atoms with Crippen molar-refractivity contribution >= 4 is 6.21 Å². The van der Waals surface area contributed by atoms with E-state index in [9.17, 15) is 9.50 Å². The number of phenols is 1. The van der Waals surface area contributed by atoms with Gasteiger partial charge in [-0.1, -0.05) is 17.3 Å². The summed E-state index contributed by atoms with van der Waals surface area (Å²) in [6.07, 6.45) is 3.50. The first kappa shape index (κ1) is 11.2. The number of phenolic OH excluding ortho intramolecular Hbond substituents is 1. The lowest BCUT2D eigenvalue weighted by molar-refractivity contribution is 0.151. The smallest absolute Gasteiger partial charge is 0.135 e. The van der Waals surface area contributed by atoms with Gasteiger partial charge in [-0.05, 0) is 12.1 Å². The van der Waals surface area contributed by atoms with Crippen molar-refractivity contribution < 1.29 is 14.3 Å². The van der Waals surface area contributed by atoms with E-state index in [-0.39, 0.29) is 11.3 Å². The molecule has 4 heteroatoms. The summed E-state index contributed by atoms with van der Waals surface area (Å²) in [5, 5.41) is 12.8. The third kappa shape index (κ3) is 3.42. The van der Waals surface area contributed by atoms with Crippen molar-refractivity contribution in [3.8, 4) is 5.75 Å². The van der Waals surface area contributed by atoms with E-state index in [0.29, 0.717) is 13.0 Å². The Balaban J connectivity index is 2.59. The minimum absolute atomic E-state index is 0.0242. The molecule has 1 aromatic rings. The Morgan fingerprint density at radius 1 is 1.53 bits per heavy atom. The van der Waals surface area contributed by atoms with E-state index >= 15 is 0 Å². The molecule has 0 fully saturated rings. The number of hydrogen-bond donors (Lipinski definition) is 1. The van der Waals surface area contributed by atoms with Crippen molar-refractivity contribution in [3.05, 3.63) is 42.2 Å². The van der Waals surface area contributed by atoms with Gasteiger partial charge in [-0.2, -0.15) is 0 Å². The van der Waals surface area contributed by atoms with Gasteiger partial charge in [0.05, 0.1) is 11.8 Å². The van der Waals surface area contributed by atoms with E-state index in [4.69, 9.17) is 4.84 Å². The van der Waals surface area contributed by atoms with Gasteiger partial charge in [0.15, 0.2) is 0 Å². The molecule has 0 aromatic heterocycles. The Labute approximate surface area is 87.5 Å². The van der Waals surface area contributed by atoms with Crippen LogP contribution in [0.25, 0.3) is 0 Å². The van der Waals surface area contributed by atoms with Crippen LogP contribution in [0.2, 0.25) is 0 Å². The fourth-order valence-electron chi connectivity index (χ4n) is 0.932. The average Bonchev–Trinajstić information content (AvgIpc) is 2.21. The van der Waals surface area contributed by atoms with Gasteiger partial charge in [0.2, 0.25) is 0 Å². The highest BCUT2D eigenvalue weighted by molar-refractivity contribution is 5.83. The molecule has 0 unspecified atom stereocenters. The zero-order chi connectivity index (χ0) is 11.1. The van der Waals surface area contributed by atoms with Crippen molar-refractivity contribution in [3.63, 3.8) is 0 Å². The molecule has 0 saturated heterocycles. The highest BCUT2D eigenvalue weighted by Gasteiger charge is 2.03. The van der Waals surface area contributed by atoms with Crippen molar-refractivity contribution in [2.75, 3.05) is 6.61 Å². The molecule has 3 nitrogen and oxygen atoms in total. The van der Waals surface area contributed by atoms with E-state index < -0.39 is 5.82 Å². The first-order valence-corrected chi connectivity index (χ1v) is 4.49. The third-order valence-corrected chi connectivity index (χ3v) is 1.70. The van der Waals surface area contributed by atoms with Gasteiger partial charge in [0.1, 0.15) is 18.2 Å². The van der Waals surface area contributed by atoms with Gasteiger partial charge in [-0.3, -0.25) is 0 Å². The minimum atomic E-state index is -0.536. The van der Waals surface area contributed by atoms with Crippen molar-refractivity contribution in [1.82, 2.24) is 0 Å². The number of halogens is 1. The largest absolute Gasteiger partial charge is 0.507 e. The lowest BCUT2D eigenvalue weighted by atomic mass is 10.2. The van der Waals surface area contributed by atoms with Gasteiger partial charge in [-0.25, -0.2) is 4.39 Å². The predicted molar refractivity (Wildman–Crippen MR) is 56.4 cm³/mol.